The average molecular weight is 959 g/mol. The second kappa shape index (κ2) is 19.0. The lowest BCUT2D eigenvalue weighted by atomic mass is 9.88. The molecule has 8 heteroatoms. The van der Waals surface area contributed by atoms with E-state index in [4.69, 9.17) is 18.8 Å². The van der Waals surface area contributed by atoms with E-state index in [2.05, 4.69) is 171 Å². The fraction of sp³-hybridized carbons (Fsp3) is 0.0909. The van der Waals surface area contributed by atoms with Crippen LogP contribution in [0.3, 0.4) is 0 Å². The van der Waals surface area contributed by atoms with Gasteiger partial charge in [-0.15, -0.1) is 20.4 Å². The van der Waals surface area contributed by atoms with Gasteiger partial charge < -0.3 is 8.83 Å². The van der Waals surface area contributed by atoms with E-state index < -0.39 is 0 Å². The van der Waals surface area contributed by atoms with Crippen LogP contribution in [0.2, 0.25) is 0 Å². The van der Waals surface area contributed by atoms with E-state index in [0.29, 0.717) is 23.6 Å². The highest BCUT2D eigenvalue weighted by Gasteiger charge is 2.23. The molecular formula is C66H50N6O2. The summed E-state index contributed by atoms with van der Waals surface area (Å²) < 4.78 is 12.1. The molecule has 0 fully saturated rings. The Labute approximate surface area is 430 Å². The first-order valence-corrected chi connectivity index (χ1v) is 24.8. The minimum atomic E-state index is 0.476. The van der Waals surface area contributed by atoms with Crippen molar-refractivity contribution in [3.63, 3.8) is 0 Å². The summed E-state index contributed by atoms with van der Waals surface area (Å²) >= 11 is 0. The van der Waals surface area contributed by atoms with E-state index in [1.165, 1.54) is 44.5 Å². The zero-order chi connectivity index (χ0) is 50.5. The van der Waals surface area contributed by atoms with Gasteiger partial charge >= 0.3 is 0 Å². The minimum absolute atomic E-state index is 0.476. The molecule has 0 spiro atoms. The molecule has 0 radical (unpaired) electrons. The molecule has 0 saturated carbocycles. The van der Waals surface area contributed by atoms with Crippen LogP contribution in [-0.4, -0.2) is 30.4 Å². The first-order valence-electron chi connectivity index (χ1n) is 24.8. The van der Waals surface area contributed by atoms with E-state index in [1.54, 1.807) is 0 Å². The Morgan fingerprint density at radius 1 is 0.270 bits per heavy atom. The maximum Gasteiger partial charge on any atom is 0.248 e. The summed E-state index contributed by atoms with van der Waals surface area (Å²) in [6, 6.07) is 66.9. The summed E-state index contributed by atoms with van der Waals surface area (Å²) in [7, 11) is 0. The van der Waals surface area contributed by atoms with Crippen molar-refractivity contribution < 1.29 is 8.83 Å². The van der Waals surface area contributed by atoms with Crippen LogP contribution in [-0.2, 0) is 0 Å². The van der Waals surface area contributed by atoms with Crippen molar-refractivity contribution in [3.05, 3.63) is 228 Å². The maximum atomic E-state index is 6.07. The SMILES string of the molecule is Cc1cc(C)c(-c2ccc(-c3c(C)cc(C)cc3C)c3nc(-c4ccc(-c5ccc(-c6nnc(-c7ccccc7)o6)cc5)cc4)c(-c4ccc(-c5ccc(-c6nnc(-c7ccccc7)o6)cc5)cc4)nc23)c(C)c1. The van der Waals surface area contributed by atoms with Crippen molar-refractivity contribution in [2.45, 2.75) is 41.5 Å². The van der Waals surface area contributed by atoms with E-state index in [0.717, 1.165) is 89.2 Å². The molecule has 74 heavy (non-hydrogen) atoms. The smallest absolute Gasteiger partial charge is 0.248 e. The van der Waals surface area contributed by atoms with Gasteiger partial charge in [0.05, 0.1) is 22.4 Å². The number of aromatic nitrogens is 6. The molecule has 3 heterocycles. The Morgan fingerprint density at radius 3 is 0.824 bits per heavy atom. The molecular weight excluding hydrogens is 909 g/mol. The summed E-state index contributed by atoms with van der Waals surface area (Å²) in [5.41, 5.74) is 24.7. The van der Waals surface area contributed by atoms with Crippen LogP contribution in [0.25, 0.3) is 124 Å². The van der Waals surface area contributed by atoms with Gasteiger partial charge in [0, 0.05) is 44.5 Å². The molecule has 0 atom stereocenters. The van der Waals surface area contributed by atoms with Crippen molar-refractivity contribution in [3.8, 4) is 113 Å². The Morgan fingerprint density at radius 2 is 0.527 bits per heavy atom. The normalized spacial score (nSPS) is 11.4. The fourth-order valence-electron chi connectivity index (χ4n) is 10.5. The number of nitrogens with zero attached hydrogens (tertiary/aromatic N) is 6. The molecule has 0 amide bonds. The Kier molecular flexibility index (Phi) is 11.7. The predicted molar refractivity (Wildman–Crippen MR) is 298 cm³/mol. The molecule has 0 unspecified atom stereocenters. The second-order valence-electron chi connectivity index (χ2n) is 19.2. The third-order valence-corrected chi connectivity index (χ3v) is 13.9. The topological polar surface area (TPSA) is 104 Å². The van der Waals surface area contributed by atoms with Crippen molar-refractivity contribution in [1.82, 2.24) is 30.4 Å². The van der Waals surface area contributed by atoms with Crippen LogP contribution in [0.1, 0.15) is 33.4 Å². The molecule has 0 saturated heterocycles. The van der Waals surface area contributed by atoms with Gasteiger partial charge in [-0.25, -0.2) is 9.97 Å². The van der Waals surface area contributed by atoms with Crippen LogP contribution < -0.4 is 0 Å². The van der Waals surface area contributed by atoms with Gasteiger partial charge in [0.2, 0.25) is 23.6 Å². The van der Waals surface area contributed by atoms with E-state index in [1.807, 2.05) is 84.9 Å². The lowest BCUT2D eigenvalue weighted by molar-refractivity contribution is 0.584. The summed E-state index contributed by atoms with van der Waals surface area (Å²) in [4.78, 5) is 11.5. The number of fused-ring (bicyclic) bond motifs is 1. The molecule has 0 N–H and O–H groups in total. The molecule has 0 aliphatic heterocycles. The van der Waals surface area contributed by atoms with Gasteiger partial charge in [-0.2, -0.15) is 0 Å². The maximum absolute atomic E-state index is 6.07. The summed E-state index contributed by atoms with van der Waals surface area (Å²) in [5.74, 6) is 1.93. The van der Waals surface area contributed by atoms with Crippen molar-refractivity contribution >= 4 is 11.0 Å². The summed E-state index contributed by atoms with van der Waals surface area (Å²) in [5, 5.41) is 17.3. The van der Waals surface area contributed by atoms with E-state index in [9.17, 15) is 0 Å². The lowest BCUT2D eigenvalue weighted by Gasteiger charge is -2.20. The number of rotatable bonds is 10. The lowest BCUT2D eigenvalue weighted by Crippen LogP contribution is -2.01. The van der Waals surface area contributed by atoms with E-state index >= 15 is 0 Å². The molecule has 12 rings (SSSR count). The van der Waals surface area contributed by atoms with Crippen LogP contribution >= 0.6 is 0 Å². The van der Waals surface area contributed by atoms with Crippen molar-refractivity contribution in [2.24, 2.45) is 0 Å². The average Bonchev–Trinajstić information content (AvgIpc) is 4.14. The zero-order valence-corrected chi connectivity index (χ0v) is 42.0. The Bertz CT molecular complexity index is 3720. The second-order valence-corrected chi connectivity index (χ2v) is 19.2. The minimum Gasteiger partial charge on any atom is -0.416 e. The largest absolute Gasteiger partial charge is 0.416 e. The molecule has 0 aliphatic rings. The molecule has 12 aromatic rings. The van der Waals surface area contributed by atoms with Gasteiger partial charge in [0.1, 0.15) is 0 Å². The standard InChI is InChI=1S/C66H50N6O2/c1-39-35-41(3)57(42(4)36-39)55-33-34-56(58-43(5)37-40(2)38-44(58)6)62-61(55)67-59(49-25-17-45(18-26-49)47-21-29-53(30-22-47)65-71-69-63(73-65)51-13-9-7-10-14-51)60(68-62)50-27-19-46(20-28-50)48-23-31-54(32-24-48)66-72-70-64(74-66)52-15-11-8-12-16-52/h7-38H,1-6H3. The fourth-order valence-corrected chi connectivity index (χ4v) is 10.5. The Balaban J connectivity index is 0.961. The number of hydrogen-bond acceptors (Lipinski definition) is 8. The third-order valence-electron chi connectivity index (χ3n) is 13.9. The van der Waals surface area contributed by atoms with Gasteiger partial charge in [-0.1, -0.05) is 157 Å². The molecule has 9 aromatic carbocycles. The first kappa shape index (κ1) is 45.7. The van der Waals surface area contributed by atoms with Crippen LogP contribution in [0.15, 0.2) is 203 Å². The van der Waals surface area contributed by atoms with Gasteiger partial charge in [0.25, 0.3) is 0 Å². The highest BCUT2D eigenvalue weighted by atomic mass is 16.4. The van der Waals surface area contributed by atoms with E-state index in [-0.39, 0.29) is 0 Å². The van der Waals surface area contributed by atoms with Gasteiger partial charge in [-0.3, -0.25) is 0 Å². The van der Waals surface area contributed by atoms with Crippen molar-refractivity contribution in [2.75, 3.05) is 0 Å². The number of benzene rings is 9. The zero-order valence-electron chi connectivity index (χ0n) is 42.0. The highest BCUT2D eigenvalue weighted by molar-refractivity contribution is 6.04. The molecule has 0 aliphatic carbocycles. The van der Waals surface area contributed by atoms with Crippen LogP contribution in [0, 0.1) is 41.5 Å². The quantitative estimate of drug-likeness (QED) is 0.134. The van der Waals surface area contributed by atoms with Crippen molar-refractivity contribution in [1.29, 1.82) is 0 Å². The summed E-state index contributed by atoms with van der Waals surface area (Å²) in [6.45, 7) is 13.1. The summed E-state index contributed by atoms with van der Waals surface area (Å²) in [6.07, 6.45) is 0. The molecule has 0 bridgehead atoms. The Hall–Kier alpha value is -9.40. The number of aryl methyl sites for hydroxylation is 6. The van der Waals surface area contributed by atoms with Crippen LogP contribution in [0.5, 0.6) is 0 Å². The molecule has 8 nitrogen and oxygen atoms in total. The monoisotopic (exact) mass is 958 g/mol. The van der Waals surface area contributed by atoms with Gasteiger partial charge in [0.15, 0.2) is 0 Å². The number of hydrogen-bond donors (Lipinski definition) is 0. The van der Waals surface area contributed by atoms with Gasteiger partial charge in [-0.05, 0) is 146 Å². The third kappa shape index (κ3) is 8.66. The first-order chi connectivity index (χ1) is 36.1. The highest BCUT2D eigenvalue weighted by Crippen LogP contribution is 2.43. The molecule has 356 valence electrons. The molecule has 3 aromatic heterocycles. The van der Waals surface area contributed by atoms with Crippen LogP contribution in [0.4, 0.5) is 0 Å². The predicted octanol–water partition coefficient (Wildman–Crippen LogP) is 16.9.